The molecule has 1 saturated heterocycles. The Morgan fingerprint density at radius 3 is 2.86 bits per heavy atom. The summed E-state index contributed by atoms with van der Waals surface area (Å²) in [6, 6.07) is 3.42. The summed E-state index contributed by atoms with van der Waals surface area (Å²) in [5.74, 6) is -2.99. The fraction of sp³-hybridized carbons (Fsp3) is 0.500. The van der Waals surface area contributed by atoms with E-state index in [1.807, 2.05) is 6.92 Å². The number of carbonyl (C=O) groups excluding carboxylic acids is 1. The second-order valence-corrected chi connectivity index (χ2v) is 4.89. The third-order valence-electron chi connectivity index (χ3n) is 3.43. The van der Waals surface area contributed by atoms with Crippen LogP contribution in [0.4, 0.5) is 4.39 Å². The van der Waals surface area contributed by atoms with Gasteiger partial charge >= 0.3 is 5.97 Å². The fourth-order valence-electron chi connectivity index (χ4n) is 2.42. The molecule has 1 aromatic heterocycles. The van der Waals surface area contributed by atoms with E-state index in [1.54, 1.807) is 0 Å². The Kier molecular flexibility index (Phi) is 4.85. The van der Waals surface area contributed by atoms with E-state index in [0.29, 0.717) is 13.0 Å². The Balaban J connectivity index is 2.26. The lowest BCUT2D eigenvalue weighted by Gasteiger charge is -2.29. The summed E-state index contributed by atoms with van der Waals surface area (Å²) in [5, 5.41) is 9.20. The number of nitrogens with zero attached hydrogens (tertiary/aromatic N) is 2. The third kappa shape index (κ3) is 3.36. The Labute approximate surface area is 121 Å². The largest absolute Gasteiger partial charge is 0.481 e. The minimum atomic E-state index is -1.00. The monoisotopic (exact) mass is 296 g/mol. The van der Waals surface area contributed by atoms with Crippen molar-refractivity contribution >= 4 is 11.9 Å². The van der Waals surface area contributed by atoms with Gasteiger partial charge in [-0.2, -0.15) is 4.39 Å². The maximum atomic E-state index is 13.2. The van der Waals surface area contributed by atoms with E-state index in [2.05, 4.69) is 4.98 Å². The zero-order valence-corrected chi connectivity index (χ0v) is 11.7. The van der Waals surface area contributed by atoms with Crippen molar-refractivity contribution in [1.29, 1.82) is 0 Å². The van der Waals surface area contributed by atoms with Gasteiger partial charge in [-0.3, -0.25) is 9.59 Å². The van der Waals surface area contributed by atoms with Crippen molar-refractivity contribution in [3.8, 4) is 0 Å². The highest BCUT2D eigenvalue weighted by Gasteiger charge is 2.40. The van der Waals surface area contributed by atoms with Gasteiger partial charge in [-0.25, -0.2) is 4.98 Å². The van der Waals surface area contributed by atoms with Crippen molar-refractivity contribution < 1.29 is 23.8 Å². The molecule has 0 spiro atoms. The van der Waals surface area contributed by atoms with Crippen LogP contribution in [0.3, 0.4) is 0 Å². The highest BCUT2D eigenvalue weighted by Crippen LogP contribution is 2.22. The number of rotatable bonds is 5. The summed E-state index contributed by atoms with van der Waals surface area (Å²) >= 11 is 0. The van der Waals surface area contributed by atoms with E-state index in [9.17, 15) is 19.1 Å². The van der Waals surface area contributed by atoms with Gasteiger partial charge in [0.25, 0.3) is 5.91 Å². The lowest BCUT2D eigenvalue weighted by molar-refractivity contribution is -0.142. The highest BCUT2D eigenvalue weighted by molar-refractivity contribution is 5.93. The van der Waals surface area contributed by atoms with Crippen LogP contribution in [0.2, 0.25) is 0 Å². The Bertz CT molecular complexity index is 537. The van der Waals surface area contributed by atoms with Crippen LogP contribution in [-0.2, 0) is 9.53 Å². The molecule has 2 rings (SSSR count). The number of carbonyl (C=O) groups is 2. The van der Waals surface area contributed by atoms with E-state index in [1.165, 1.54) is 17.0 Å². The van der Waals surface area contributed by atoms with Crippen molar-refractivity contribution in [3.05, 3.63) is 29.8 Å². The van der Waals surface area contributed by atoms with Gasteiger partial charge in [0, 0.05) is 6.54 Å². The van der Waals surface area contributed by atoms with Gasteiger partial charge in [0.1, 0.15) is 11.6 Å². The van der Waals surface area contributed by atoms with Gasteiger partial charge in [0.2, 0.25) is 5.95 Å². The summed E-state index contributed by atoms with van der Waals surface area (Å²) in [7, 11) is 0. The minimum Gasteiger partial charge on any atom is -0.481 e. The van der Waals surface area contributed by atoms with E-state index in [4.69, 9.17) is 4.74 Å². The predicted molar refractivity (Wildman–Crippen MR) is 71.3 cm³/mol. The van der Waals surface area contributed by atoms with Crippen LogP contribution < -0.4 is 0 Å². The van der Waals surface area contributed by atoms with Gasteiger partial charge in [-0.05, 0) is 18.6 Å². The van der Waals surface area contributed by atoms with Crippen LogP contribution in [-0.4, -0.2) is 52.7 Å². The number of carboxylic acid groups (broad SMARTS) is 1. The molecule has 0 bridgehead atoms. The Morgan fingerprint density at radius 2 is 2.24 bits per heavy atom. The summed E-state index contributed by atoms with van der Waals surface area (Å²) in [5.41, 5.74) is -0.0283. The van der Waals surface area contributed by atoms with Gasteiger partial charge in [-0.15, -0.1) is 0 Å². The molecule has 2 heterocycles. The summed E-state index contributed by atoms with van der Waals surface area (Å²) < 4.78 is 18.4. The number of aliphatic carboxylic acids is 1. The smallest absolute Gasteiger partial charge is 0.311 e. The molecule has 1 aromatic rings. The van der Waals surface area contributed by atoms with Crippen molar-refractivity contribution in [2.45, 2.75) is 19.4 Å². The molecule has 21 heavy (non-hydrogen) atoms. The molecule has 114 valence electrons. The van der Waals surface area contributed by atoms with Gasteiger partial charge < -0.3 is 14.7 Å². The normalized spacial score (nSPS) is 21.2. The number of hydrogen-bond acceptors (Lipinski definition) is 4. The number of aromatic nitrogens is 1. The molecular formula is C14H17FN2O4. The van der Waals surface area contributed by atoms with Crippen molar-refractivity contribution in [2.75, 3.05) is 19.8 Å². The SMILES string of the molecule is CCCN(C(=O)c1cccc(F)n1)C1COCC1C(=O)O. The predicted octanol–water partition coefficient (Wildman–Crippen LogP) is 1.17. The molecule has 2 unspecified atom stereocenters. The third-order valence-corrected chi connectivity index (χ3v) is 3.43. The van der Waals surface area contributed by atoms with E-state index in [-0.39, 0.29) is 18.9 Å². The second kappa shape index (κ2) is 6.62. The number of ether oxygens (including phenoxy) is 1. The zero-order chi connectivity index (χ0) is 15.4. The molecule has 1 aliphatic rings. The first-order chi connectivity index (χ1) is 10.0. The zero-order valence-electron chi connectivity index (χ0n) is 11.7. The highest BCUT2D eigenvalue weighted by atomic mass is 19.1. The van der Waals surface area contributed by atoms with E-state index in [0.717, 1.165) is 6.07 Å². The van der Waals surface area contributed by atoms with Crippen molar-refractivity contribution in [2.24, 2.45) is 5.92 Å². The molecule has 0 saturated carbocycles. The lowest BCUT2D eigenvalue weighted by atomic mass is 10.0. The van der Waals surface area contributed by atoms with Crippen LogP contribution in [0.1, 0.15) is 23.8 Å². The molecule has 0 radical (unpaired) electrons. The molecule has 1 fully saturated rings. The summed E-state index contributed by atoms with van der Waals surface area (Å²) in [6.07, 6.45) is 0.657. The van der Waals surface area contributed by atoms with Crippen LogP contribution in [0.15, 0.2) is 18.2 Å². The first-order valence-corrected chi connectivity index (χ1v) is 6.78. The van der Waals surface area contributed by atoms with Crippen LogP contribution >= 0.6 is 0 Å². The number of pyridine rings is 1. The van der Waals surface area contributed by atoms with E-state index >= 15 is 0 Å². The first-order valence-electron chi connectivity index (χ1n) is 6.78. The van der Waals surface area contributed by atoms with Gasteiger partial charge in [0.15, 0.2) is 0 Å². The summed E-state index contributed by atoms with van der Waals surface area (Å²) in [6.45, 7) is 2.49. The topological polar surface area (TPSA) is 79.7 Å². The van der Waals surface area contributed by atoms with Crippen molar-refractivity contribution in [1.82, 2.24) is 9.88 Å². The van der Waals surface area contributed by atoms with Crippen LogP contribution in [0.25, 0.3) is 0 Å². The van der Waals surface area contributed by atoms with Crippen LogP contribution in [0, 0.1) is 11.9 Å². The molecule has 1 aliphatic heterocycles. The molecule has 1 amide bonds. The molecule has 0 aliphatic carbocycles. The lowest BCUT2D eigenvalue weighted by Crippen LogP contribution is -2.47. The molecule has 1 N–H and O–H groups in total. The van der Waals surface area contributed by atoms with E-state index < -0.39 is 29.8 Å². The van der Waals surface area contributed by atoms with Crippen LogP contribution in [0.5, 0.6) is 0 Å². The average molecular weight is 296 g/mol. The quantitative estimate of drug-likeness (QED) is 0.825. The number of halogens is 1. The molecule has 7 heteroatoms. The standard InChI is InChI=1S/C14H17FN2O4/c1-2-6-17(11-8-21-7-9(11)14(19)20)13(18)10-4-3-5-12(15)16-10/h3-5,9,11H,2,6-8H2,1H3,(H,19,20). The molecule has 0 aromatic carbocycles. The summed E-state index contributed by atoms with van der Waals surface area (Å²) in [4.78, 5) is 28.7. The maximum absolute atomic E-state index is 13.2. The molecule has 2 atom stereocenters. The average Bonchev–Trinajstić information content (AvgIpc) is 2.93. The Morgan fingerprint density at radius 1 is 1.48 bits per heavy atom. The number of amides is 1. The van der Waals surface area contributed by atoms with Gasteiger partial charge in [0.05, 0.1) is 19.3 Å². The Hall–Kier alpha value is -2.02. The first kappa shape index (κ1) is 15.4. The molecular weight excluding hydrogens is 279 g/mol. The molecule has 6 nitrogen and oxygen atoms in total. The number of carboxylic acids is 1. The fourth-order valence-corrected chi connectivity index (χ4v) is 2.42. The second-order valence-electron chi connectivity index (χ2n) is 4.89. The minimum absolute atomic E-state index is 0.0283. The van der Waals surface area contributed by atoms with Gasteiger partial charge in [-0.1, -0.05) is 13.0 Å². The number of hydrogen-bond donors (Lipinski definition) is 1. The maximum Gasteiger partial charge on any atom is 0.311 e. The van der Waals surface area contributed by atoms with Crippen molar-refractivity contribution in [3.63, 3.8) is 0 Å².